The second-order valence-corrected chi connectivity index (χ2v) is 4.29. The number of rotatable bonds is 2. The summed E-state index contributed by atoms with van der Waals surface area (Å²) < 4.78 is 0. The predicted octanol–water partition coefficient (Wildman–Crippen LogP) is 3.50. The molecule has 0 aromatic heterocycles. The maximum Gasteiger partial charge on any atom is 0.0277 e. The lowest BCUT2D eigenvalue weighted by atomic mass is 10.4. The molecule has 0 aliphatic heterocycles. The van der Waals surface area contributed by atoms with E-state index in [2.05, 4.69) is 42.5 Å². The molecule has 62 valence electrons. The number of hydrogen-bond donors (Lipinski definition) is 0. The Hall–Kier alpha value is -0.690. The lowest BCUT2D eigenvalue weighted by molar-refractivity contribution is 0.943. The zero-order valence-electron chi connectivity index (χ0n) is 6.94. The predicted molar refractivity (Wildman–Crippen MR) is 54.5 cm³/mol. The molecule has 0 bridgehead atoms. The third-order valence-corrected chi connectivity index (χ3v) is 3.24. The third kappa shape index (κ3) is 1.92. The first-order valence-corrected chi connectivity index (χ1v) is 5.21. The maximum absolute atomic E-state index is 2.32. The Morgan fingerprint density at radius 3 is 2.67 bits per heavy atom. The second kappa shape index (κ2) is 3.81. The molecule has 0 fully saturated rings. The summed E-state index contributed by atoms with van der Waals surface area (Å²) in [5.74, 6) is 0. The molecule has 0 heterocycles. The van der Waals surface area contributed by atoms with Crippen LogP contribution in [0, 0.1) is 0 Å². The van der Waals surface area contributed by atoms with Crippen LogP contribution in [0.4, 0.5) is 0 Å². The van der Waals surface area contributed by atoms with Crippen molar-refractivity contribution in [2.24, 2.45) is 0 Å². The maximum atomic E-state index is 2.32. The minimum absolute atomic E-state index is 0.715. The first-order chi connectivity index (χ1) is 5.95. The molecular formula is C11H12S. The van der Waals surface area contributed by atoms with Crippen LogP contribution >= 0.6 is 11.8 Å². The summed E-state index contributed by atoms with van der Waals surface area (Å²) in [6, 6.07) is 10.6. The van der Waals surface area contributed by atoms with E-state index in [4.69, 9.17) is 0 Å². The normalized spacial score (nSPS) is 21.5. The van der Waals surface area contributed by atoms with Gasteiger partial charge < -0.3 is 0 Å². The zero-order valence-corrected chi connectivity index (χ0v) is 7.76. The highest BCUT2D eigenvalue weighted by Crippen LogP contribution is 2.29. The molecule has 0 spiro atoms. The Bertz CT molecular complexity index is 264. The highest BCUT2D eigenvalue weighted by Gasteiger charge is 2.09. The Morgan fingerprint density at radius 2 is 2.00 bits per heavy atom. The van der Waals surface area contributed by atoms with Crippen molar-refractivity contribution >= 4 is 11.8 Å². The SMILES string of the molecule is C1=C[C@H](Sc2ccccc2)CC1. The van der Waals surface area contributed by atoms with Crippen molar-refractivity contribution in [2.45, 2.75) is 23.0 Å². The molecule has 1 heteroatoms. The van der Waals surface area contributed by atoms with Gasteiger partial charge in [0.15, 0.2) is 0 Å². The van der Waals surface area contributed by atoms with E-state index in [1.807, 2.05) is 11.8 Å². The van der Waals surface area contributed by atoms with Gasteiger partial charge in [-0.3, -0.25) is 0 Å². The summed E-state index contributed by atoms with van der Waals surface area (Å²) in [6.45, 7) is 0. The molecule has 0 saturated carbocycles. The first kappa shape index (κ1) is 7.93. The van der Waals surface area contributed by atoms with Crippen molar-refractivity contribution in [3.8, 4) is 0 Å². The largest absolute Gasteiger partial charge is 0.119 e. The Balaban J connectivity index is 1.99. The van der Waals surface area contributed by atoms with Gasteiger partial charge in [-0.25, -0.2) is 0 Å². The van der Waals surface area contributed by atoms with Crippen molar-refractivity contribution in [1.82, 2.24) is 0 Å². The van der Waals surface area contributed by atoms with Crippen LogP contribution in [0.3, 0.4) is 0 Å². The van der Waals surface area contributed by atoms with Crippen LogP contribution in [0.5, 0.6) is 0 Å². The number of thioether (sulfide) groups is 1. The standard InChI is InChI=1S/C11H12S/c1-2-6-10(7-3-1)12-11-8-4-5-9-11/h1-4,6-8,11H,5,9H2/t11-/m0/s1. The monoisotopic (exact) mass is 176 g/mol. The zero-order chi connectivity index (χ0) is 8.23. The summed E-state index contributed by atoms with van der Waals surface area (Å²) in [5, 5.41) is 0.715. The van der Waals surface area contributed by atoms with E-state index in [0.29, 0.717) is 5.25 Å². The fourth-order valence-electron chi connectivity index (χ4n) is 1.38. The van der Waals surface area contributed by atoms with Crippen LogP contribution in [-0.2, 0) is 0 Å². The molecular weight excluding hydrogens is 164 g/mol. The molecule has 0 amide bonds. The molecule has 0 N–H and O–H groups in total. The summed E-state index contributed by atoms with van der Waals surface area (Å²) in [5.41, 5.74) is 0. The molecule has 2 rings (SSSR count). The van der Waals surface area contributed by atoms with E-state index in [-0.39, 0.29) is 0 Å². The molecule has 0 saturated heterocycles. The van der Waals surface area contributed by atoms with E-state index < -0.39 is 0 Å². The van der Waals surface area contributed by atoms with Crippen LogP contribution in [0.25, 0.3) is 0 Å². The Kier molecular flexibility index (Phi) is 2.52. The van der Waals surface area contributed by atoms with Gasteiger partial charge in [0.05, 0.1) is 0 Å². The quantitative estimate of drug-likeness (QED) is 0.621. The summed E-state index contributed by atoms with van der Waals surface area (Å²) in [7, 11) is 0. The van der Waals surface area contributed by atoms with Gasteiger partial charge in [0.2, 0.25) is 0 Å². The van der Waals surface area contributed by atoms with Gasteiger partial charge in [0, 0.05) is 10.1 Å². The third-order valence-electron chi connectivity index (χ3n) is 2.00. The second-order valence-electron chi connectivity index (χ2n) is 2.97. The van der Waals surface area contributed by atoms with Gasteiger partial charge in [0.1, 0.15) is 0 Å². The van der Waals surface area contributed by atoms with Crippen molar-refractivity contribution in [1.29, 1.82) is 0 Å². The lowest BCUT2D eigenvalue weighted by Crippen LogP contribution is -1.90. The first-order valence-electron chi connectivity index (χ1n) is 4.33. The molecule has 12 heavy (non-hydrogen) atoms. The number of allylic oxidation sites excluding steroid dienone is 1. The van der Waals surface area contributed by atoms with E-state index in [1.54, 1.807) is 0 Å². The number of hydrogen-bond acceptors (Lipinski definition) is 1. The fraction of sp³-hybridized carbons (Fsp3) is 0.273. The minimum Gasteiger partial charge on any atom is -0.119 e. The van der Waals surface area contributed by atoms with E-state index in [0.717, 1.165) is 0 Å². The van der Waals surface area contributed by atoms with Crippen molar-refractivity contribution < 1.29 is 0 Å². The molecule has 1 atom stereocenters. The van der Waals surface area contributed by atoms with Crippen molar-refractivity contribution in [3.63, 3.8) is 0 Å². The summed E-state index contributed by atoms with van der Waals surface area (Å²) in [4.78, 5) is 1.38. The van der Waals surface area contributed by atoms with Crippen LogP contribution in [0.2, 0.25) is 0 Å². The molecule has 0 unspecified atom stereocenters. The van der Waals surface area contributed by atoms with E-state index in [9.17, 15) is 0 Å². The van der Waals surface area contributed by atoms with Gasteiger partial charge in [-0.1, -0.05) is 30.4 Å². The van der Waals surface area contributed by atoms with Gasteiger partial charge in [-0.05, 0) is 25.0 Å². The topological polar surface area (TPSA) is 0 Å². The highest BCUT2D eigenvalue weighted by molar-refractivity contribution is 8.00. The number of benzene rings is 1. The van der Waals surface area contributed by atoms with E-state index in [1.165, 1.54) is 17.7 Å². The average Bonchev–Trinajstić information content (AvgIpc) is 2.59. The summed E-state index contributed by atoms with van der Waals surface area (Å²) >= 11 is 1.96. The lowest BCUT2D eigenvalue weighted by Gasteiger charge is -2.05. The molecule has 1 aliphatic rings. The fourth-order valence-corrected chi connectivity index (χ4v) is 2.48. The van der Waals surface area contributed by atoms with Crippen molar-refractivity contribution in [3.05, 3.63) is 42.5 Å². The van der Waals surface area contributed by atoms with Crippen LogP contribution < -0.4 is 0 Å². The molecule has 1 aromatic rings. The Morgan fingerprint density at radius 1 is 1.17 bits per heavy atom. The molecule has 1 aliphatic carbocycles. The molecule has 1 aromatic carbocycles. The van der Waals surface area contributed by atoms with Crippen molar-refractivity contribution in [2.75, 3.05) is 0 Å². The molecule has 0 radical (unpaired) electrons. The van der Waals surface area contributed by atoms with Gasteiger partial charge in [-0.2, -0.15) is 0 Å². The van der Waals surface area contributed by atoms with Gasteiger partial charge in [0.25, 0.3) is 0 Å². The van der Waals surface area contributed by atoms with E-state index >= 15 is 0 Å². The van der Waals surface area contributed by atoms with Crippen LogP contribution in [0.1, 0.15) is 12.8 Å². The van der Waals surface area contributed by atoms with Crippen LogP contribution in [0.15, 0.2) is 47.4 Å². The minimum atomic E-state index is 0.715. The average molecular weight is 176 g/mol. The summed E-state index contributed by atoms with van der Waals surface area (Å²) in [6.07, 6.45) is 7.16. The molecule has 0 nitrogen and oxygen atoms in total. The van der Waals surface area contributed by atoms with Gasteiger partial charge in [-0.15, -0.1) is 11.8 Å². The Labute approximate surface area is 77.7 Å². The van der Waals surface area contributed by atoms with Gasteiger partial charge >= 0.3 is 0 Å². The smallest absolute Gasteiger partial charge is 0.0277 e. The van der Waals surface area contributed by atoms with Crippen LogP contribution in [-0.4, -0.2) is 5.25 Å². The highest BCUT2D eigenvalue weighted by atomic mass is 32.2.